The molecular formula is C18H23NO5S. The van der Waals surface area contributed by atoms with E-state index in [1.54, 1.807) is 0 Å². The first-order chi connectivity index (χ1) is 11.6. The zero-order valence-electron chi connectivity index (χ0n) is 14.8. The van der Waals surface area contributed by atoms with Crippen LogP contribution in [0.25, 0.3) is 0 Å². The van der Waals surface area contributed by atoms with E-state index in [-0.39, 0.29) is 5.41 Å². The smallest absolute Gasteiger partial charge is 0.341 e. The third-order valence-corrected chi connectivity index (χ3v) is 5.66. The van der Waals surface area contributed by atoms with Gasteiger partial charge in [-0.05, 0) is 36.2 Å². The second kappa shape index (κ2) is 7.39. The monoisotopic (exact) mass is 365 g/mol. The van der Waals surface area contributed by atoms with Gasteiger partial charge in [0.25, 0.3) is 0 Å². The Labute approximate surface area is 150 Å². The molecule has 1 amide bonds. The van der Waals surface area contributed by atoms with Crippen LogP contribution >= 0.6 is 11.3 Å². The highest BCUT2D eigenvalue weighted by atomic mass is 32.1. The number of carbonyl (C=O) groups excluding carboxylic acids is 2. The number of thiophene rings is 1. The fourth-order valence-electron chi connectivity index (χ4n) is 3.03. The van der Waals surface area contributed by atoms with Crippen molar-refractivity contribution in [2.75, 3.05) is 12.4 Å². The molecule has 136 valence electrons. The number of rotatable bonds is 4. The van der Waals surface area contributed by atoms with Crippen molar-refractivity contribution in [1.82, 2.24) is 0 Å². The lowest BCUT2D eigenvalue weighted by molar-refractivity contribution is -0.131. The molecule has 0 radical (unpaired) electrons. The first-order valence-corrected chi connectivity index (χ1v) is 8.90. The summed E-state index contributed by atoms with van der Waals surface area (Å²) >= 11 is 1.37. The molecule has 1 aliphatic rings. The van der Waals surface area contributed by atoms with E-state index < -0.39 is 17.8 Å². The highest BCUT2D eigenvalue weighted by Gasteiger charge is 2.34. The molecule has 0 aromatic carbocycles. The van der Waals surface area contributed by atoms with Crippen molar-refractivity contribution in [2.24, 2.45) is 11.3 Å². The number of aliphatic carboxylic acids is 1. The number of fused-ring (bicyclic) bond motifs is 1. The summed E-state index contributed by atoms with van der Waals surface area (Å²) in [6, 6.07) is 0. The molecule has 1 heterocycles. The van der Waals surface area contributed by atoms with Gasteiger partial charge in [0.1, 0.15) is 5.00 Å². The molecule has 6 nitrogen and oxygen atoms in total. The fourth-order valence-corrected chi connectivity index (χ4v) is 4.35. The lowest BCUT2D eigenvalue weighted by Crippen LogP contribution is -2.26. The third-order valence-electron chi connectivity index (χ3n) is 4.49. The summed E-state index contributed by atoms with van der Waals surface area (Å²) in [5, 5.41) is 11.7. The minimum Gasteiger partial charge on any atom is -0.478 e. The number of carboxylic acid groups (broad SMARTS) is 1. The van der Waals surface area contributed by atoms with E-state index in [1.807, 2.05) is 0 Å². The summed E-state index contributed by atoms with van der Waals surface area (Å²) in [6.45, 7) is 6.62. The van der Waals surface area contributed by atoms with Crippen LogP contribution in [0.3, 0.4) is 0 Å². The Hall–Kier alpha value is -2.15. The molecule has 0 spiro atoms. The predicted molar refractivity (Wildman–Crippen MR) is 96.0 cm³/mol. The Morgan fingerprint density at radius 2 is 1.96 bits per heavy atom. The van der Waals surface area contributed by atoms with Crippen molar-refractivity contribution in [3.05, 3.63) is 28.2 Å². The van der Waals surface area contributed by atoms with E-state index >= 15 is 0 Å². The molecule has 0 saturated carbocycles. The van der Waals surface area contributed by atoms with Crippen molar-refractivity contribution >= 4 is 34.2 Å². The van der Waals surface area contributed by atoms with Crippen LogP contribution in [-0.2, 0) is 27.2 Å². The third kappa shape index (κ3) is 4.48. The van der Waals surface area contributed by atoms with E-state index in [4.69, 9.17) is 9.84 Å². The highest BCUT2D eigenvalue weighted by Crippen LogP contribution is 2.44. The van der Waals surface area contributed by atoms with E-state index in [2.05, 4.69) is 26.1 Å². The minimum atomic E-state index is -1.21. The first-order valence-electron chi connectivity index (χ1n) is 8.08. The molecule has 0 unspecified atom stereocenters. The lowest BCUT2D eigenvalue weighted by Gasteiger charge is -2.33. The van der Waals surface area contributed by atoms with Crippen molar-refractivity contribution < 1.29 is 24.2 Å². The number of hydrogen-bond acceptors (Lipinski definition) is 5. The molecule has 0 saturated heterocycles. The normalized spacial score (nSPS) is 17.2. The van der Waals surface area contributed by atoms with Gasteiger partial charge >= 0.3 is 11.9 Å². The number of methoxy groups -OCH3 is 1. The van der Waals surface area contributed by atoms with Gasteiger partial charge in [0.2, 0.25) is 5.91 Å². The predicted octanol–water partition coefficient (Wildman–Crippen LogP) is 3.27. The number of ether oxygens (including phenoxy) is 1. The maximum Gasteiger partial charge on any atom is 0.341 e. The van der Waals surface area contributed by atoms with Gasteiger partial charge < -0.3 is 15.2 Å². The minimum absolute atomic E-state index is 0.167. The van der Waals surface area contributed by atoms with E-state index in [0.29, 0.717) is 16.5 Å². The number of esters is 1. The Kier molecular flexibility index (Phi) is 5.67. The second-order valence-corrected chi connectivity index (χ2v) is 8.27. The van der Waals surface area contributed by atoms with Gasteiger partial charge in [0, 0.05) is 17.0 Å². The zero-order chi connectivity index (χ0) is 18.8. The maximum absolute atomic E-state index is 12.2. The Morgan fingerprint density at radius 1 is 1.28 bits per heavy atom. The van der Waals surface area contributed by atoms with Crippen molar-refractivity contribution in [3.63, 3.8) is 0 Å². The van der Waals surface area contributed by atoms with Crippen LogP contribution in [0.15, 0.2) is 12.2 Å². The highest BCUT2D eigenvalue weighted by molar-refractivity contribution is 7.17. The van der Waals surface area contributed by atoms with Crippen molar-refractivity contribution in [3.8, 4) is 0 Å². The van der Waals surface area contributed by atoms with Gasteiger partial charge in [-0.2, -0.15) is 0 Å². The molecule has 2 N–H and O–H groups in total. The second-order valence-electron chi connectivity index (χ2n) is 7.17. The summed E-state index contributed by atoms with van der Waals surface area (Å²) in [7, 11) is 1.31. The summed E-state index contributed by atoms with van der Waals surface area (Å²) in [4.78, 5) is 35.7. The molecule has 7 heteroatoms. The van der Waals surface area contributed by atoms with Gasteiger partial charge in [-0.15, -0.1) is 11.3 Å². The molecule has 0 fully saturated rings. The van der Waals surface area contributed by atoms with Crippen molar-refractivity contribution in [1.29, 1.82) is 0 Å². The van der Waals surface area contributed by atoms with E-state index in [0.717, 1.165) is 41.9 Å². The Bertz CT molecular complexity index is 727. The van der Waals surface area contributed by atoms with Gasteiger partial charge in [-0.3, -0.25) is 4.79 Å². The SMILES string of the molecule is COC(=O)c1c(NC(=O)/C=C\C(=O)O)sc2c1CC[C@@H](C(C)(C)C)C2. The van der Waals surface area contributed by atoms with Crippen molar-refractivity contribution in [2.45, 2.75) is 40.0 Å². The molecule has 1 atom stereocenters. The summed E-state index contributed by atoms with van der Waals surface area (Å²) < 4.78 is 4.88. The maximum atomic E-state index is 12.2. The summed E-state index contributed by atoms with van der Waals surface area (Å²) in [5.41, 5.74) is 1.50. The first kappa shape index (κ1) is 19.2. The van der Waals surface area contributed by atoms with Crippen LogP contribution in [0.4, 0.5) is 5.00 Å². The van der Waals surface area contributed by atoms with Crippen LogP contribution in [0.2, 0.25) is 0 Å². The summed E-state index contributed by atoms with van der Waals surface area (Å²) in [5.74, 6) is -1.77. The molecule has 1 aliphatic carbocycles. The average Bonchev–Trinajstić information content (AvgIpc) is 2.88. The average molecular weight is 365 g/mol. The lowest BCUT2D eigenvalue weighted by atomic mass is 9.72. The standard InChI is InChI=1S/C18H23NO5S/c1-18(2,3)10-5-6-11-12(9-10)25-16(15(11)17(23)24-4)19-13(20)7-8-14(21)22/h7-8,10H,5-6,9H2,1-4H3,(H,19,20)(H,21,22)/b8-7-/t10-/m1/s1. The zero-order valence-corrected chi connectivity index (χ0v) is 15.7. The number of nitrogens with one attached hydrogen (secondary N) is 1. The van der Waals surface area contributed by atoms with Crippen LogP contribution in [0.5, 0.6) is 0 Å². The number of amides is 1. The quantitative estimate of drug-likeness (QED) is 0.631. The molecule has 2 rings (SSSR count). The van der Waals surface area contributed by atoms with Crippen LogP contribution in [-0.4, -0.2) is 30.1 Å². The van der Waals surface area contributed by atoms with Gasteiger partial charge in [0.15, 0.2) is 0 Å². The fraction of sp³-hybridized carbons (Fsp3) is 0.500. The van der Waals surface area contributed by atoms with Crippen LogP contribution in [0, 0.1) is 11.3 Å². The molecule has 1 aromatic rings. The molecule has 1 aromatic heterocycles. The summed E-state index contributed by atoms with van der Waals surface area (Å²) in [6.07, 6.45) is 4.28. The largest absolute Gasteiger partial charge is 0.478 e. The molecule has 0 bridgehead atoms. The van der Waals surface area contributed by atoms with E-state index in [1.165, 1.54) is 18.4 Å². The van der Waals surface area contributed by atoms with Crippen LogP contribution < -0.4 is 5.32 Å². The van der Waals surface area contributed by atoms with Crippen LogP contribution in [0.1, 0.15) is 48.0 Å². The number of carboxylic acids is 1. The number of carbonyl (C=O) groups is 3. The molecular weight excluding hydrogens is 342 g/mol. The van der Waals surface area contributed by atoms with E-state index in [9.17, 15) is 14.4 Å². The number of hydrogen-bond donors (Lipinski definition) is 2. The molecule has 25 heavy (non-hydrogen) atoms. The molecule has 0 aliphatic heterocycles. The topological polar surface area (TPSA) is 92.7 Å². The van der Waals surface area contributed by atoms with Gasteiger partial charge in [-0.25, -0.2) is 9.59 Å². The van der Waals surface area contributed by atoms with Gasteiger partial charge in [-0.1, -0.05) is 20.8 Å². The Balaban J connectivity index is 2.34. The Morgan fingerprint density at radius 3 is 2.52 bits per heavy atom. The number of anilines is 1. The van der Waals surface area contributed by atoms with Gasteiger partial charge in [0.05, 0.1) is 12.7 Å².